The van der Waals surface area contributed by atoms with Crippen molar-refractivity contribution in [2.75, 3.05) is 0 Å². The fourth-order valence-electron chi connectivity index (χ4n) is 9.57. The molecule has 0 saturated carbocycles. The molecule has 0 saturated heterocycles. The van der Waals surface area contributed by atoms with Crippen LogP contribution in [0, 0.1) is 0 Å². The fraction of sp³-hybridized carbons (Fsp3) is 0. The van der Waals surface area contributed by atoms with Gasteiger partial charge in [-0.2, -0.15) is 0 Å². The summed E-state index contributed by atoms with van der Waals surface area (Å²) in [5.41, 5.74) is 11.8. The predicted octanol–water partition coefficient (Wildman–Crippen LogP) is 16.0. The molecule has 0 amide bonds. The van der Waals surface area contributed by atoms with Crippen LogP contribution < -0.4 is 0 Å². The number of nitrogens with zero attached hydrogens (tertiary/aromatic N) is 3. The van der Waals surface area contributed by atoms with Gasteiger partial charge in [0.15, 0.2) is 0 Å². The summed E-state index contributed by atoms with van der Waals surface area (Å²) in [6.07, 6.45) is 0. The van der Waals surface area contributed by atoms with Gasteiger partial charge in [0, 0.05) is 49.4 Å². The Morgan fingerprint density at radius 1 is 0.254 bits per heavy atom. The molecule has 10 aromatic carbocycles. The molecule has 0 radical (unpaired) electrons. The molecular formula is C60H39N3. The number of fused-ring (bicyclic) bond motifs is 9. The SMILES string of the molecule is [2H]c1c([2H])c([2H])c2c(c1[2H])c1c([2H])c(-c3ccc4c(c3)c3cc(-c5ccccc5)ccc3n4-c3ccc(-c4ccccc4)cc3)c([2H])c([2H])c1n2-c1ccc(-n2c3ccccc3c3ccccc32)cc1. The van der Waals surface area contributed by atoms with Crippen LogP contribution in [-0.4, -0.2) is 13.7 Å². The largest absolute Gasteiger partial charge is 0.309 e. The molecule has 3 nitrogen and oxygen atoms in total. The van der Waals surface area contributed by atoms with Crippen molar-refractivity contribution in [2.24, 2.45) is 0 Å². The van der Waals surface area contributed by atoms with E-state index in [0.29, 0.717) is 11.3 Å². The quantitative estimate of drug-likeness (QED) is 0.159. The molecule has 0 spiro atoms. The standard InChI is InChI=1S/C60H39N3/c1-3-13-40(14-4-1)42-23-28-46(29-24-42)63-59-34-25-43(41-15-5-2-6-16-41)37-53(59)54-39-45(27-36-60(54)63)44-26-35-58-52(38-44)51-19-9-12-22-57(51)62(58)48-32-30-47(31-33-48)61-55-20-10-7-17-49(55)50-18-8-11-21-56(50)61/h1-39H/i9D,12D,19D,22D,26D,35D,38D. The Balaban J connectivity index is 1.03. The molecule has 0 N–H and O–H groups in total. The van der Waals surface area contributed by atoms with E-state index < -0.39 is 12.1 Å². The second kappa shape index (κ2) is 14.1. The van der Waals surface area contributed by atoms with Crippen LogP contribution in [0.5, 0.6) is 0 Å². The topological polar surface area (TPSA) is 14.8 Å². The minimum absolute atomic E-state index is 0.0868. The van der Waals surface area contributed by atoms with Gasteiger partial charge in [-0.05, 0) is 124 Å². The number of rotatable bonds is 6. The van der Waals surface area contributed by atoms with Crippen LogP contribution in [0.1, 0.15) is 9.60 Å². The van der Waals surface area contributed by atoms with Crippen LogP contribution in [0.25, 0.3) is 116 Å². The summed E-state index contributed by atoms with van der Waals surface area (Å²) in [4.78, 5) is 0. The van der Waals surface area contributed by atoms with Gasteiger partial charge in [0.2, 0.25) is 0 Å². The molecule has 294 valence electrons. The highest BCUT2D eigenvalue weighted by atomic mass is 15.0. The minimum Gasteiger partial charge on any atom is -0.309 e. The second-order valence-corrected chi connectivity index (χ2v) is 16.0. The van der Waals surface area contributed by atoms with E-state index in [2.05, 4.69) is 100 Å². The highest BCUT2D eigenvalue weighted by Crippen LogP contribution is 2.40. The number of hydrogen-bond acceptors (Lipinski definition) is 0. The summed E-state index contributed by atoms with van der Waals surface area (Å²) in [5.74, 6) is 0. The minimum atomic E-state index is -0.430. The van der Waals surface area contributed by atoms with Crippen molar-refractivity contribution in [3.63, 3.8) is 0 Å². The molecule has 63 heavy (non-hydrogen) atoms. The molecule has 0 unspecified atom stereocenters. The first kappa shape index (κ1) is 29.0. The van der Waals surface area contributed by atoms with E-state index in [-0.39, 0.29) is 57.6 Å². The van der Waals surface area contributed by atoms with Gasteiger partial charge >= 0.3 is 0 Å². The molecule has 0 bridgehead atoms. The molecule has 13 rings (SSSR count). The van der Waals surface area contributed by atoms with Crippen LogP contribution in [-0.2, 0) is 0 Å². The van der Waals surface area contributed by atoms with E-state index in [9.17, 15) is 6.85 Å². The van der Waals surface area contributed by atoms with Crippen molar-refractivity contribution in [3.8, 4) is 50.4 Å². The number of hydrogen-bond donors (Lipinski definition) is 0. The lowest BCUT2D eigenvalue weighted by atomic mass is 9.99. The van der Waals surface area contributed by atoms with Crippen molar-refractivity contribution in [1.82, 2.24) is 13.7 Å². The second-order valence-electron chi connectivity index (χ2n) is 16.0. The Bertz CT molecular complexity index is 4230. The van der Waals surface area contributed by atoms with Crippen molar-refractivity contribution in [3.05, 3.63) is 236 Å². The maximum absolute atomic E-state index is 10.0. The molecule has 0 fully saturated rings. The van der Waals surface area contributed by atoms with Gasteiger partial charge in [0.05, 0.1) is 42.7 Å². The van der Waals surface area contributed by atoms with Gasteiger partial charge in [-0.25, -0.2) is 0 Å². The van der Waals surface area contributed by atoms with Gasteiger partial charge in [-0.15, -0.1) is 0 Å². The maximum Gasteiger partial charge on any atom is 0.0645 e. The van der Waals surface area contributed by atoms with Crippen molar-refractivity contribution in [2.45, 2.75) is 0 Å². The molecule has 3 heterocycles. The fourth-order valence-corrected chi connectivity index (χ4v) is 9.57. The molecule has 0 atom stereocenters. The summed E-state index contributed by atoms with van der Waals surface area (Å²) in [6.45, 7) is 0. The third kappa shape index (κ3) is 5.60. The van der Waals surface area contributed by atoms with Gasteiger partial charge < -0.3 is 13.7 Å². The molecule has 13 aromatic rings. The first-order valence-electron chi connectivity index (χ1n) is 24.6. The Morgan fingerprint density at radius 3 is 1.25 bits per heavy atom. The third-order valence-corrected chi connectivity index (χ3v) is 12.5. The smallest absolute Gasteiger partial charge is 0.0645 e. The van der Waals surface area contributed by atoms with Crippen LogP contribution >= 0.6 is 0 Å². The predicted molar refractivity (Wildman–Crippen MR) is 266 cm³/mol. The average Bonchev–Trinajstić information content (AvgIpc) is 4.06. The van der Waals surface area contributed by atoms with Crippen molar-refractivity contribution in [1.29, 1.82) is 0 Å². The lowest BCUT2D eigenvalue weighted by molar-refractivity contribution is 1.14. The van der Waals surface area contributed by atoms with Crippen LogP contribution in [0.15, 0.2) is 236 Å². The average molecular weight is 809 g/mol. The number of para-hydroxylation sites is 3. The summed E-state index contributed by atoms with van der Waals surface area (Å²) >= 11 is 0. The Labute approximate surface area is 374 Å². The third-order valence-electron chi connectivity index (χ3n) is 12.5. The summed E-state index contributed by atoms with van der Waals surface area (Å²) in [6, 6.07) is 63.7. The number of aromatic nitrogens is 3. The zero-order chi connectivity index (χ0) is 47.5. The first-order valence-corrected chi connectivity index (χ1v) is 21.1. The lowest BCUT2D eigenvalue weighted by Crippen LogP contribution is -1.97. The molecular weight excluding hydrogens is 763 g/mol. The highest BCUT2D eigenvalue weighted by Gasteiger charge is 2.18. The Hall–Kier alpha value is -8.40. The summed E-state index contributed by atoms with van der Waals surface area (Å²) < 4.78 is 71.8. The van der Waals surface area contributed by atoms with E-state index in [1.807, 2.05) is 103 Å². The monoisotopic (exact) mass is 808 g/mol. The number of benzene rings is 10. The maximum atomic E-state index is 10.0. The van der Waals surface area contributed by atoms with E-state index in [4.69, 9.17) is 2.74 Å². The van der Waals surface area contributed by atoms with Crippen LogP contribution in [0.3, 0.4) is 0 Å². The Kier molecular flexibility index (Phi) is 6.48. The summed E-state index contributed by atoms with van der Waals surface area (Å²) in [7, 11) is 0. The first-order chi connectivity index (χ1) is 34.2. The van der Waals surface area contributed by atoms with E-state index in [0.717, 1.165) is 77.2 Å². The zero-order valence-electron chi connectivity index (χ0n) is 40.8. The van der Waals surface area contributed by atoms with E-state index >= 15 is 0 Å². The van der Waals surface area contributed by atoms with Crippen LogP contribution in [0.2, 0.25) is 0 Å². The van der Waals surface area contributed by atoms with Gasteiger partial charge in [0.1, 0.15) is 0 Å². The van der Waals surface area contributed by atoms with Gasteiger partial charge in [0.25, 0.3) is 0 Å². The van der Waals surface area contributed by atoms with Gasteiger partial charge in [-0.3, -0.25) is 0 Å². The molecule has 0 aliphatic carbocycles. The van der Waals surface area contributed by atoms with Crippen LogP contribution in [0.4, 0.5) is 0 Å². The Morgan fingerprint density at radius 2 is 0.667 bits per heavy atom. The molecule has 0 aliphatic rings. The van der Waals surface area contributed by atoms with E-state index in [1.54, 1.807) is 4.57 Å². The normalized spacial score (nSPS) is 13.4. The van der Waals surface area contributed by atoms with Crippen molar-refractivity contribution < 1.29 is 9.60 Å². The zero-order valence-corrected chi connectivity index (χ0v) is 33.8. The highest BCUT2D eigenvalue weighted by molar-refractivity contribution is 6.14. The lowest BCUT2D eigenvalue weighted by Gasteiger charge is -2.12. The summed E-state index contributed by atoms with van der Waals surface area (Å²) in [5, 5.41) is 4.45. The van der Waals surface area contributed by atoms with Crippen molar-refractivity contribution >= 4 is 65.4 Å². The van der Waals surface area contributed by atoms with E-state index in [1.165, 1.54) is 0 Å². The molecule has 3 heteroatoms. The van der Waals surface area contributed by atoms with Gasteiger partial charge in [-0.1, -0.05) is 145 Å². The molecule has 3 aromatic heterocycles. The molecule has 0 aliphatic heterocycles.